The normalized spacial score (nSPS) is 23.2. The fourth-order valence-corrected chi connectivity index (χ4v) is 2.58. The van der Waals surface area contributed by atoms with Gasteiger partial charge >= 0.3 is 5.97 Å². The zero-order chi connectivity index (χ0) is 14.0. The van der Waals surface area contributed by atoms with Crippen molar-refractivity contribution in [1.82, 2.24) is 9.88 Å². The number of carbonyl (C=O) groups is 2. The third kappa shape index (κ3) is 2.92. The second-order valence-electron chi connectivity index (χ2n) is 5.22. The number of aryl methyl sites for hydroxylation is 1. The number of hydrogen-bond donors (Lipinski definition) is 1. The van der Waals surface area contributed by atoms with Gasteiger partial charge in [0, 0.05) is 25.0 Å². The minimum atomic E-state index is -0.827. The van der Waals surface area contributed by atoms with Gasteiger partial charge in [0.15, 0.2) is 0 Å². The Morgan fingerprint density at radius 1 is 1.42 bits per heavy atom. The molecule has 1 aliphatic rings. The molecular formula is C14H18N2O3. The van der Waals surface area contributed by atoms with Crippen LogP contribution in [0.5, 0.6) is 0 Å². The highest BCUT2D eigenvalue weighted by Gasteiger charge is 2.32. The van der Waals surface area contributed by atoms with Crippen molar-refractivity contribution in [2.45, 2.75) is 20.3 Å². The van der Waals surface area contributed by atoms with Crippen LogP contribution in [0.15, 0.2) is 18.3 Å². The van der Waals surface area contributed by atoms with Gasteiger partial charge in [-0.2, -0.15) is 0 Å². The molecule has 1 saturated heterocycles. The Balaban J connectivity index is 2.19. The van der Waals surface area contributed by atoms with Gasteiger partial charge in [-0.25, -0.2) is 0 Å². The van der Waals surface area contributed by atoms with E-state index in [1.165, 1.54) is 0 Å². The minimum absolute atomic E-state index is 0.122. The van der Waals surface area contributed by atoms with Gasteiger partial charge in [-0.15, -0.1) is 0 Å². The van der Waals surface area contributed by atoms with Crippen LogP contribution in [0.4, 0.5) is 0 Å². The van der Waals surface area contributed by atoms with Gasteiger partial charge in [0.2, 0.25) is 0 Å². The number of piperidine rings is 1. The van der Waals surface area contributed by atoms with Crippen LogP contribution < -0.4 is 0 Å². The molecule has 0 saturated carbocycles. The molecule has 2 heterocycles. The summed E-state index contributed by atoms with van der Waals surface area (Å²) in [6.45, 7) is 4.66. The van der Waals surface area contributed by atoms with Crippen molar-refractivity contribution in [3.63, 3.8) is 0 Å². The molecule has 0 bridgehead atoms. The summed E-state index contributed by atoms with van der Waals surface area (Å²) in [5, 5.41) is 9.13. The predicted octanol–water partition coefficient (Wildman–Crippen LogP) is 1.57. The van der Waals surface area contributed by atoms with Crippen LogP contribution in [0.1, 0.15) is 29.4 Å². The Morgan fingerprint density at radius 3 is 2.79 bits per heavy atom. The lowest BCUT2D eigenvalue weighted by molar-refractivity contribution is -0.143. The molecule has 5 nitrogen and oxygen atoms in total. The van der Waals surface area contributed by atoms with Crippen LogP contribution >= 0.6 is 0 Å². The van der Waals surface area contributed by atoms with Gasteiger partial charge in [-0.3, -0.25) is 14.6 Å². The first-order valence-corrected chi connectivity index (χ1v) is 6.42. The highest BCUT2D eigenvalue weighted by atomic mass is 16.4. The molecule has 2 atom stereocenters. The van der Waals surface area contributed by atoms with Gasteiger partial charge < -0.3 is 10.0 Å². The second kappa shape index (κ2) is 5.38. The van der Waals surface area contributed by atoms with Crippen molar-refractivity contribution in [3.05, 3.63) is 29.6 Å². The van der Waals surface area contributed by atoms with E-state index >= 15 is 0 Å². The van der Waals surface area contributed by atoms with Crippen LogP contribution in [0.25, 0.3) is 0 Å². The maximum absolute atomic E-state index is 12.4. The number of rotatable bonds is 2. The Morgan fingerprint density at radius 2 is 2.16 bits per heavy atom. The molecule has 0 aromatic carbocycles. The third-order valence-corrected chi connectivity index (χ3v) is 3.53. The molecule has 1 aliphatic heterocycles. The zero-order valence-electron chi connectivity index (χ0n) is 11.2. The molecule has 0 radical (unpaired) electrons. The van der Waals surface area contributed by atoms with Crippen molar-refractivity contribution < 1.29 is 14.7 Å². The summed E-state index contributed by atoms with van der Waals surface area (Å²) < 4.78 is 0. The smallest absolute Gasteiger partial charge is 0.308 e. The molecule has 0 aliphatic carbocycles. The maximum atomic E-state index is 12.4. The number of aromatic nitrogens is 1. The molecule has 1 fully saturated rings. The zero-order valence-corrected chi connectivity index (χ0v) is 11.2. The van der Waals surface area contributed by atoms with Gasteiger partial charge in [0.1, 0.15) is 0 Å². The number of aliphatic carboxylic acids is 1. The summed E-state index contributed by atoms with van der Waals surface area (Å²) in [5.41, 5.74) is 1.23. The Hall–Kier alpha value is -1.91. The summed E-state index contributed by atoms with van der Waals surface area (Å²) in [6.07, 6.45) is 2.27. The third-order valence-electron chi connectivity index (χ3n) is 3.53. The number of hydrogen-bond acceptors (Lipinski definition) is 3. The summed E-state index contributed by atoms with van der Waals surface area (Å²) >= 11 is 0. The van der Waals surface area contributed by atoms with Crippen molar-refractivity contribution >= 4 is 11.9 Å². The number of amides is 1. The molecule has 1 N–H and O–H groups in total. The molecule has 0 spiro atoms. The van der Waals surface area contributed by atoms with E-state index < -0.39 is 11.9 Å². The molecular weight excluding hydrogens is 244 g/mol. The average Bonchev–Trinajstić information content (AvgIpc) is 2.37. The van der Waals surface area contributed by atoms with Crippen LogP contribution in [0.2, 0.25) is 0 Å². The summed E-state index contributed by atoms with van der Waals surface area (Å²) in [6, 6.07) is 3.46. The lowest BCUT2D eigenvalue weighted by Crippen LogP contribution is -2.45. The standard InChI is InChI=1S/C14H18N2O3/c1-9-6-11(14(18)19)8-16(7-9)13(17)12-4-3-5-15-10(12)2/h3-5,9,11H,6-8H2,1-2H3,(H,18,19). The first-order valence-electron chi connectivity index (χ1n) is 6.42. The van der Waals surface area contributed by atoms with E-state index in [-0.39, 0.29) is 18.4 Å². The highest BCUT2D eigenvalue weighted by molar-refractivity contribution is 5.95. The van der Waals surface area contributed by atoms with E-state index in [4.69, 9.17) is 5.11 Å². The molecule has 1 aromatic rings. The van der Waals surface area contributed by atoms with E-state index in [9.17, 15) is 9.59 Å². The topological polar surface area (TPSA) is 70.5 Å². The second-order valence-corrected chi connectivity index (χ2v) is 5.22. The highest BCUT2D eigenvalue weighted by Crippen LogP contribution is 2.23. The first kappa shape index (κ1) is 13.5. The molecule has 2 rings (SSSR count). The van der Waals surface area contributed by atoms with Crippen molar-refractivity contribution in [3.8, 4) is 0 Å². The largest absolute Gasteiger partial charge is 0.481 e. The maximum Gasteiger partial charge on any atom is 0.308 e. The van der Waals surface area contributed by atoms with E-state index in [0.717, 1.165) is 0 Å². The van der Waals surface area contributed by atoms with Crippen LogP contribution in [0.3, 0.4) is 0 Å². The van der Waals surface area contributed by atoms with E-state index in [2.05, 4.69) is 4.98 Å². The van der Waals surface area contributed by atoms with E-state index in [0.29, 0.717) is 24.2 Å². The minimum Gasteiger partial charge on any atom is -0.481 e. The lowest BCUT2D eigenvalue weighted by Gasteiger charge is -2.34. The number of likely N-dealkylation sites (tertiary alicyclic amines) is 1. The molecule has 19 heavy (non-hydrogen) atoms. The van der Waals surface area contributed by atoms with Gasteiger partial charge in [-0.05, 0) is 31.4 Å². The number of carbonyl (C=O) groups excluding carboxylic acids is 1. The summed E-state index contributed by atoms with van der Waals surface area (Å²) in [5.74, 6) is -1.21. The van der Waals surface area contributed by atoms with Crippen LogP contribution in [0, 0.1) is 18.8 Å². The van der Waals surface area contributed by atoms with Crippen LogP contribution in [-0.4, -0.2) is 40.0 Å². The molecule has 1 amide bonds. The molecule has 102 valence electrons. The number of pyridine rings is 1. The Bertz CT molecular complexity index is 501. The van der Waals surface area contributed by atoms with Gasteiger partial charge in [-0.1, -0.05) is 6.92 Å². The SMILES string of the molecule is Cc1ncccc1C(=O)N1CC(C)CC(C(=O)O)C1. The van der Waals surface area contributed by atoms with Gasteiger partial charge in [0.05, 0.1) is 11.5 Å². The van der Waals surface area contributed by atoms with E-state index in [1.807, 2.05) is 6.92 Å². The number of nitrogens with zero attached hydrogens (tertiary/aromatic N) is 2. The Labute approximate surface area is 112 Å². The predicted molar refractivity (Wildman–Crippen MR) is 69.8 cm³/mol. The monoisotopic (exact) mass is 262 g/mol. The van der Waals surface area contributed by atoms with Crippen LogP contribution in [-0.2, 0) is 4.79 Å². The summed E-state index contributed by atoms with van der Waals surface area (Å²) in [4.78, 5) is 29.3. The van der Waals surface area contributed by atoms with Gasteiger partial charge in [0.25, 0.3) is 5.91 Å². The summed E-state index contributed by atoms with van der Waals surface area (Å²) in [7, 11) is 0. The Kier molecular flexibility index (Phi) is 3.83. The van der Waals surface area contributed by atoms with Crippen molar-refractivity contribution in [1.29, 1.82) is 0 Å². The average molecular weight is 262 g/mol. The fourth-order valence-electron chi connectivity index (χ4n) is 2.58. The quantitative estimate of drug-likeness (QED) is 0.878. The van der Waals surface area contributed by atoms with Crippen molar-refractivity contribution in [2.24, 2.45) is 11.8 Å². The fraction of sp³-hybridized carbons (Fsp3) is 0.500. The molecule has 1 aromatic heterocycles. The molecule has 5 heteroatoms. The first-order chi connectivity index (χ1) is 8.99. The number of carboxylic acids is 1. The number of carboxylic acid groups (broad SMARTS) is 1. The lowest BCUT2D eigenvalue weighted by atomic mass is 9.90. The van der Waals surface area contributed by atoms with E-state index in [1.54, 1.807) is 30.2 Å². The van der Waals surface area contributed by atoms with Crippen molar-refractivity contribution in [2.75, 3.05) is 13.1 Å². The molecule has 2 unspecified atom stereocenters.